The normalized spacial score (nSPS) is 11.3. The van der Waals surface area contributed by atoms with Crippen molar-refractivity contribution in [3.63, 3.8) is 0 Å². The lowest BCUT2D eigenvalue weighted by Crippen LogP contribution is -2.19. The van der Waals surface area contributed by atoms with Crippen LogP contribution in [-0.4, -0.2) is 20.7 Å². The first-order valence-electron chi connectivity index (χ1n) is 7.59. The van der Waals surface area contributed by atoms with Crippen molar-refractivity contribution < 1.29 is 22.7 Å². The second-order valence-corrected chi connectivity index (χ2v) is 6.30. The molecule has 0 bridgehead atoms. The molecule has 3 rings (SSSR count). The lowest BCUT2D eigenvalue weighted by Gasteiger charge is -2.08. The SMILES string of the molecule is O=C(Cn1ccc(C(F)(F)F)n1)Nc1ccc(Oc2cccc(Br)c2)nc1. The molecule has 0 radical (unpaired) electrons. The van der Waals surface area contributed by atoms with Crippen molar-refractivity contribution in [1.29, 1.82) is 0 Å². The molecular weight excluding hydrogens is 429 g/mol. The largest absolute Gasteiger partial charge is 0.439 e. The van der Waals surface area contributed by atoms with Crippen LogP contribution in [0.5, 0.6) is 11.6 Å². The van der Waals surface area contributed by atoms with Gasteiger partial charge in [0.1, 0.15) is 12.3 Å². The maximum absolute atomic E-state index is 12.5. The second-order valence-electron chi connectivity index (χ2n) is 5.39. The maximum Gasteiger partial charge on any atom is 0.435 e. The molecule has 1 N–H and O–H groups in total. The first-order valence-corrected chi connectivity index (χ1v) is 8.39. The minimum absolute atomic E-state index is 0.327. The molecule has 0 unspecified atom stereocenters. The van der Waals surface area contributed by atoms with E-state index in [2.05, 4.69) is 31.3 Å². The number of halogens is 4. The lowest BCUT2D eigenvalue weighted by atomic mass is 10.3. The summed E-state index contributed by atoms with van der Waals surface area (Å²) in [5.74, 6) is 0.384. The van der Waals surface area contributed by atoms with E-state index in [9.17, 15) is 18.0 Å². The molecule has 140 valence electrons. The van der Waals surface area contributed by atoms with Crippen LogP contribution < -0.4 is 10.1 Å². The molecule has 3 aromatic rings. The van der Waals surface area contributed by atoms with Crippen LogP contribution in [0.1, 0.15) is 5.69 Å². The van der Waals surface area contributed by atoms with E-state index in [1.54, 1.807) is 24.3 Å². The zero-order chi connectivity index (χ0) is 19.4. The van der Waals surface area contributed by atoms with Crippen LogP contribution in [0.3, 0.4) is 0 Å². The maximum atomic E-state index is 12.5. The molecule has 6 nitrogen and oxygen atoms in total. The van der Waals surface area contributed by atoms with Crippen LogP contribution in [-0.2, 0) is 17.5 Å². The van der Waals surface area contributed by atoms with Crippen LogP contribution >= 0.6 is 15.9 Å². The molecular formula is C17H12BrF3N4O2. The van der Waals surface area contributed by atoms with E-state index in [1.165, 1.54) is 6.20 Å². The van der Waals surface area contributed by atoms with Gasteiger partial charge in [-0.15, -0.1) is 0 Å². The molecule has 2 aromatic heterocycles. The summed E-state index contributed by atoms with van der Waals surface area (Å²) in [4.78, 5) is 16.0. The first-order chi connectivity index (χ1) is 12.8. The molecule has 0 aliphatic carbocycles. The number of benzene rings is 1. The zero-order valence-electron chi connectivity index (χ0n) is 13.6. The molecule has 10 heteroatoms. The third kappa shape index (κ3) is 5.30. The average Bonchev–Trinajstić information content (AvgIpc) is 3.05. The van der Waals surface area contributed by atoms with E-state index in [1.807, 2.05) is 12.1 Å². The van der Waals surface area contributed by atoms with Gasteiger partial charge >= 0.3 is 6.18 Å². The Morgan fingerprint density at radius 2 is 2.04 bits per heavy atom. The predicted octanol–water partition coefficient (Wildman–Crippen LogP) is 4.49. The Bertz CT molecular complexity index is 942. The quantitative estimate of drug-likeness (QED) is 0.634. The van der Waals surface area contributed by atoms with Gasteiger partial charge in [0, 0.05) is 16.7 Å². The summed E-state index contributed by atoms with van der Waals surface area (Å²) in [6.07, 6.45) is -2.07. The molecule has 1 aromatic carbocycles. The fourth-order valence-corrected chi connectivity index (χ4v) is 2.49. The first kappa shape index (κ1) is 18.9. The van der Waals surface area contributed by atoms with Crippen molar-refractivity contribution in [1.82, 2.24) is 14.8 Å². The van der Waals surface area contributed by atoms with Gasteiger partial charge in [0.2, 0.25) is 11.8 Å². The van der Waals surface area contributed by atoms with Crippen LogP contribution in [0.4, 0.5) is 18.9 Å². The number of amides is 1. The molecule has 0 spiro atoms. The van der Waals surface area contributed by atoms with Crippen molar-refractivity contribution in [3.8, 4) is 11.6 Å². The van der Waals surface area contributed by atoms with Gasteiger partial charge < -0.3 is 10.1 Å². The average molecular weight is 441 g/mol. The molecule has 2 heterocycles. The van der Waals surface area contributed by atoms with Gasteiger partial charge in [-0.1, -0.05) is 22.0 Å². The van der Waals surface area contributed by atoms with E-state index in [0.29, 0.717) is 17.3 Å². The summed E-state index contributed by atoms with van der Waals surface area (Å²) >= 11 is 3.34. The number of nitrogens with zero attached hydrogens (tertiary/aromatic N) is 3. The molecule has 27 heavy (non-hydrogen) atoms. The van der Waals surface area contributed by atoms with Crippen LogP contribution in [0.2, 0.25) is 0 Å². The van der Waals surface area contributed by atoms with Gasteiger partial charge in [0.05, 0.1) is 11.9 Å². The minimum Gasteiger partial charge on any atom is -0.439 e. The Kier molecular flexibility index (Phi) is 5.45. The van der Waals surface area contributed by atoms with E-state index in [0.717, 1.165) is 21.4 Å². The summed E-state index contributed by atoms with van der Waals surface area (Å²) in [6, 6.07) is 11.2. The fraction of sp³-hybridized carbons (Fsp3) is 0.118. The van der Waals surface area contributed by atoms with Crippen molar-refractivity contribution in [2.45, 2.75) is 12.7 Å². The molecule has 0 aliphatic heterocycles. The highest BCUT2D eigenvalue weighted by atomic mass is 79.9. The third-order valence-electron chi connectivity index (χ3n) is 3.28. The number of nitrogens with one attached hydrogen (secondary N) is 1. The Hall–Kier alpha value is -2.88. The van der Waals surface area contributed by atoms with Gasteiger partial charge in [0.15, 0.2) is 5.69 Å². The molecule has 1 amide bonds. The van der Waals surface area contributed by atoms with Gasteiger partial charge in [-0.2, -0.15) is 18.3 Å². The highest BCUT2D eigenvalue weighted by Crippen LogP contribution is 2.27. The van der Waals surface area contributed by atoms with E-state index in [4.69, 9.17) is 4.74 Å². The van der Waals surface area contributed by atoms with Crippen LogP contribution in [0.15, 0.2) is 59.3 Å². The zero-order valence-corrected chi connectivity index (χ0v) is 15.2. The number of aromatic nitrogens is 3. The number of carbonyl (C=O) groups excluding carboxylic acids is 1. The monoisotopic (exact) mass is 440 g/mol. The number of alkyl halides is 3. The number of carbonyl (C=O) groups is 1. The summed E-state index contributed by atoms with van der Waals surface area (Å²) < 4.78 is 44.9. The van der Waals surface area contributed by atoms with Crippen molar-refractivity contribution in [3.05, 3.63) is 65.0 Å². The lowest BCUT2D eigenvalue weighted by molar-refractivity contribution is -0.141. The summed E-state index contributed by atoms with van der Waals surface area (Å²) in [6.45, 7) is -0.355. The topological polar surface area (TPSA) is 69.0 Å². The van der Waals surface area contributed by atoms with E-state index in [-0.39, 0.29) is 6.54 Å². The number of anilines is 1. The number of rotatable bonds is 5. The Labute approximate surface area is 160 Å². The van der Waals surface area contributed by atoms with Gasteiger partial charge in [-0.25, -0.2) is 4.98 Å². The number of hydrogen-bond acceptors (Lipinski definition) is 4. The number of hydrogen-bond donors (Lipinski definition) is 1. The summed E-state index contributed by atoms with van der Waals surface area (Å²) in [5, 5.41) is 5.85. The van der Waals surface area contributed by atoms with E-state index >= 15 is 0 Å². The Balaban J connectivity index is 1.57. The standard InChI is InChI=1S/C17H12BrF3N4O2/c18-11-2-1-3-13(8-11)27-16-5-4-12(9-22-16)23-15(26)10-25-7-6-14(24-25)17(19,20)21/h1-9H,10H2,(H,23,26). The number of ether oxygens (including phenoxy) is 1. The third-order valence-corrected chi connectivity index (χ3v) is 3.77. The van der Waals surface area contributed by atoms with Crippen LogP contribution in [0, 0.1) is 0 Å². The van der Waals surface area contributed by atoms with Crippen molar-refractivity contribution >= 4 is 27.5 Å². The van der Waals surface area contributed by atoms with Gasteiger partial charge in [-0.05, 0) is 30.3 Å². The smallest absolute Gasteiger partial charge is 0.435 e. The summed E-state index contributed by atoms with van der Waals surface area (Å²) in [7, 11) is 0. The van der Waals surface area contributed by atoms with Crippen LogP contribution in [0.25, 0.3) is 0 Å². The second kappa shape index (κ2) is 7.78. The molecule has 0 atom stereocenters. The van der Waals surface area contributed by atoms with E-state index < -0.39 is 17.8 Å². The minimum atomic E-state index is -4.55. The Morgan fingerprint density at radius 1 is 1.22 bits per heavy atom. The van der Waals surface area contributed by atoms with Gasteiger partial charge in [0.25, 0.3) is 0 Å². The number of pyridine rings is 1. The highest BCUT2D eigenvalue weighted by molar-refractivity contribution is 9.10. The molecule has 0 saturated carbocycles. The Morgan fingerprint density at radius 3 is 2.67 bits per heavy atom. The highest BCUT2D eigenvalue weighted by Gasteiger charge is 2.33. The molecule has 0 aliphatic rings. The molecule has 0 saturated heterocycles. The van der Waals surface area contributed by atoms with Crippen molar-refractivity contribution in [2.75, 3.05) is 5.32 Å². The molecule has 0 fully saturated rings. The van der Waals surface area contributed by atoms with Crippen molar-refractivity contribution in [2.24, 2.45) is 0 Å². The predicted molar refractivity (Wildman–Crippen MR) is 94.3 cm³/mol. The summed E-state index contributed by atoms with van der Waals surface area (Å²) in [5.41, 5.74) is -0.671. The fourth-order valence-electron chi connectivity index (χ4n) is 2.11. The van der Waals surface area contributed by atoms with Gasteiger partial charge in [-0.3, -0.25) is 9.48 Å².